The summed E-state index contributed by atoms with van der Waals surface area (Å²) < 4.78 is 6.82. The summed E-state index contributed by atoms with van der Waals surface area (Å²) >= 11 is 6.04. The van der Waals surface area contributed by atoms with Crippen LogP contribution in [-0.2, 0) is 17.8 Å². The minimum atomic E-state index is -0.353. The van der Waals surface area contributed by atoms with Crippen LogP contribution in [0.2, 0.25) is 5.02 Å². The number of hydrogen-bond donors (Lipinski definition) is 2. The van der Waals surface area contributed by atoms with Crippen LogP contribution in [-0.4, -0.2) is 28.1 Å². The van der Waals surface area contributed by atoms with E-state index in [1.807, 2.05) is 19.1 Å². The zero-order valence-corrected chi connectivity index (χ0v) is 15.5. The number of amides is 2. The van der Waals surface area contributed by atoms with E-state index in [4.69, 9.17) is 16.0 Å². The number of nitrogens with one attached hydrogen (secondary N) is 2. The van der Waals surface area contributed by atoms with Gasteiger partial charge in [0.15, 0.2) is 0 Å². The average molecular weight is 387 g/mol. The van der Waals surface area contributed by atoms with Crippen molar-refractivity contribution in [3.63, 3.8) is 0 Å². The van der Waals surface area contributed by atoms with Gasteiger partial charge in [0.2, 0.25) is 5.91 Å². The van der Waals surface area contributed by atoms with Crippen LogP contribution in [0.5, 0.6) is 0 Å². The van der Waals surface area contributed by atoms with Crippen molar-refractivity contribution < 1.29 is 14.0 Å². The highest BCUT2D eigenvalue weighted by Crippen LogP contribution is 2.19. The Morgan fingerprint density at radius 1 is 1.22 bits per heavy atom. The summed E-state index contributed by atoms with van der Waals surface area (Å²) in [5.41, 5.74) is 1.94. The molecule has 140 valence electrons. The van der Waals surface area contributed by atoms with Crippen molar-refractivity contribution >= 4 is 23.4 Å². The minimum absolute atomic E-state index is 0.134. The van der Waals surface area contributed by atoms with Gasteiger partial charge in [0, 0.05) is 5.02 Å². The number of carbonyl (C=O) groups excluding carboxylic acids is 2. The average Bonchev–Trinajstić information content (AvgIpc) is 3.33. The van der Waals surface area contributed by atoms with Gasteiger partial charge in [0.05, 0.1) is 42.5 Å². The summed E-state index contributed by atoms with van der Waals surface area (Å²) in [4.78, 5) is 24.4. The zero-order chi connectivity index (χ0) is 19.2. The standard InChI is InChI=1S/C19H19ClN4O3/c1-2-17-16(11-23-24(17)14-6-3-5-13(20)9-14)19(26)22-12-18(25)21-10-15-7-4-8-27-15/h3-9,11H,2,10,12H2,1H3,(H,21,25)(H,22,26). The summed E-state index contributed by atoms with van der Waals surface area (Å²) in [5, 5.41) is 10.2. The summed E-state index contributed by atoms with van der Waals surface area (Å²) in [6.07, 6.45) is 3.63. The second kappa shape index (κ2) is 8.55. The van der Waals surface area contributed by atoms with Crippen molar-refractivity contribution in [2.24, 2.45) is 0 Å². The Morgan fingerprint density at radius 3 is 2.78 bits per heavy atom. The molecule has 2 N–H and O–H groups in total. The molecular weight excluding hydrogens is 368 g/mol. The smallest absolute Gasteiger partial charge is 0.255 e. The summed E-state index contributed by atoms with van der Waals surface area (Å²) in [7, 11) is 0. The Labute approximate surface area is 161 Å². The quantitative estimate of drug-likeness (QED) is 0.653. The molecule has 2 aromatic heterocycles. The Kier molecular flexibility index (Phi) is 5.93. The number of carbonyl (C=O) groups is 2. The van der Waals surface area contributed by atoms with Gasteiger partial charge in [-0.2, -0.15) is 5.10 Å². The number of furan rings is 1. The molecule has 0 atom stereocenters. The lowest BCUT2D eigenvalue weighted by molar-refractivity contribution is -0.120. The molecule has 3 rings (SSSR count). The fourth-order valence-electron chi connectivity index (χ4n) is 2.65. The van der Waals surface area contributed by atoms with Crippen molar-refractivity contribution in [2.75, 3.05) is 6.54 Å². The molecular formula is C19H19ClN4O3. The van der Waals surface area contributed by atoms with E-state index < -0.39 is 0 Å². The molecule has 0 unspecified atom stereocenters. The van der Waals surface area contributed by atoms with Crippen LogP contribution in [0.4, 0.5) is 0 Å². The van der Waals surface area contributed by atoms with Gasteiger partial charge in [-0.25, -0.2) is 4.68 Å². The van der Waals surface area contributed by atoms with Gasteiger partial charge in [-0.15, -0.1) is 0 Å². The van der Waals surface area contributed by atoms with Crippen LogP contribution >= 0.6 is 11.6 Å². The molecule has 0 saturated carbocycles. The number of halogens is 1. The maximum atomic E-state index is 12.5. The van der Waals surface area contributed by atoms with Gasteiger partial charge in [0.1, 0.15) is 5.76 Å². The number of aromatic nitrogens is 2. The van der Waals surface area contributed by atoms with E-state index in [2.05, 4.69) is 15.7 Å². The molecule has 8 heteroatoms. The van der Waals surface area contributed by atoms with Crippen molar-refractivity contribution in [3.8, 4) is 5.69 Å². The Hall–Kier alpha value is -3.06. The summed E-state index contributed by atoms with van der Waals surface area (Å²) in [5.74, 6) is -0.0148. The third-order valence-corrected chi connectivity index (χ3v) is 4.19. The molecule has 0 spiro atoms. The molecule has 0 bridgehead atoms. The monoisotopic (exact) mass is 386 g/mol. The molecule has 0 aliphatic rings. The number of rotatable bonds is 7. The third-order valence-electron chi connectivity index (χ3n) is 3.95. The third kappa shape index (κ3) is 4.57. The molecule has 7 nitrogen and oxygen atoms in total. The number of benzene rings is 1. The summed E-state index contributed by atoms with van der Waals surface area (Å²) in [6, 6.07) is 10.7. The Bertz CT molecular complexity index is 934. The Balaban J connectivity index is 1.63. The number of hydrogen-bond acceptors (Lipinski definition) is 4. The van der Waals surface area contributed by atoms with Gasteiger partial charge in [-0.05, 0) is 36.8 Å². The molecule has 2 heterocycles. The van der Waals surface area contributed by atoms with Crippen molar-refractivity contribution in [3.05, 3.63) is 70.9 Å². The van der Waals surface area contributed by atoms with Crippen LogP contribution in [0.25, 0.3) is 5.69 Å². The molecule has 0 saturated heterocycles. The van der Waals surface area contributed by atoms with Crippen LogP contribution in [0, 0.1) is 0 Å². The SMILES string of the molecule is CCc1c(C(=O)NCC(=O)NCc2ccco2)cnn1-c1cccc(Cl)c1. The fraction of sp³-hybridized carbons (Fsp3) is 0.211. The van der Waals surface area contributed by atoms with Gasteiger partial charge in [0.25, 0.3) is 5.91 Å². The van der Waals surface area contributed by atoms with Crippen LogP contribution in [0.3, 0.4) is 0 Å². The highest BCUT2D eigenvalue weighted by atomic mass is 35.5. The predicted molar refractivity (Wildman–Crippen MR) is 101 cm³/mol. The molecule has 2 amide bonds. The van der Waals surface area contributed by atoms with E-state index in [9.17, 15) is 9.59 Å². The predicted octanol–water partition coefficient (Wildman–Crippen LogP) is 2.73. The first-order chi connectivity index (χ1) is 13.1. The lowest BCUT2D eigenvalue weighted by Crippen LogP contribution is -2.36. The topological polar surface area (TPSA) is 89.2 Å². The first-order valence-corrected chi connectivity index (χ1v) is 8.86. The van der Waals surface area contributed by atoms with Crippen molar-refractivity contribution in [2.45, 2.75) is 19.9 Å². The number of nitrogens with zero attached hydrogens (tertiary/aromatic N) is 2. The lowest BCUT2D eigenvalue weighted by atomic mass is 10.2. The Morgan fingerprint density at radius 2 is 2.07 bits per heavy atom. The van der Waals surface area contributed by atoms with Gasteiger partial charge in [-0.1, -0.05) is 24.6 Å². The molecule has 3 aromatic rings. The van der Waals surface area contributed by atoms with E-state index in [1.54, 1.807) is 28.9 Å². The fourth-order valence-corrected chi connectivity index (χ4v) is 2.84. The largest absolute Gasteiger partial charge is 0.467 e. The van der Waals surface area contributed by atoms with E-state index in [1.165, 1.54) is 12.5 Å². The molecule has 27 heavy (non-hydrogen) atoms. The molecule has 0 radical (unpaired) electrons. The summed E-state index contributed by atoms with van der Waals surface area (Å²) in [6.45, 7) is 2.07. The van der Waals surface area contributed by atoms with Crippen molar-refractivity contribution in [1.29, 1.82) is 0 Å². The van der Waals surface area contributed by atoms with E-state index in [-0.39, 0.29) is 24.9 Å². The molecule has 0 aliphatic carbocycles. The highest BCUT2D eigenvalue weighted by Gasteiger charge is 2.18. The maximum absolute atomic E-state index is 12.5. The first kappa shape index (κ1) is 18.7. The van der Waals surface area contributed by atoms with E-state index in [0.29, 0.717) is 22.8 Å². The van der Waals surface area contributed by atoms with Crippen LogP contribution < -0.4 is 10.6 Å². The molecule has 0 aliphatic heterocycles. The van der Waals surface area contributed by atoms with Crippen LogP contribution in [0.1, 0.15) is 28.7 Å². The van der Waals surface area contributed by atoms with Gasteiger partial charge >= 0.3 is 0 Å². The zero-order valence-electron chi connectivity index (χ0n) is 14.7. The second-order valence-electron chi connectivity index (χ2n) is 5.79. The molecule has 0 fully saturated rings. The normalized spacial score (nSPS) is 10.6. The van der Waals surface area contributed by atoms with Gasteiger partial charge in [-0.3, -0.25) is 9.59 Å². The van der Waals surface area contributed by atoms with Crippen molar-refractivity contribution in [1.82, 2.24) is 20.4 Å². The van der Waals surface area contributed by atoms with E-state index >= 15 is 0 Å². The second-order valence-corrected chi connectivity index (χ2v) is 6.23. The van der Waals surface area contributed by atoms with Crippen LogP contribution in [0.15, 0.2) is 53.3 Å². The highest BCUT2D eigenvalue weighted by molar-refractivity contribution is 6.30. The molecule has 1 aromatic carbocycles. The first-order valence-electron chi connectivity index (χ1n) is 8.48. The van der Waals surface area contributed by atoms with Gasteiger partial charge < -0.3 is 15.1 Å². The van der Waals surface area contributed by atoms with E-state index in [0.717, 1.165) is 11.4 Å². The minimum Gasteiger partial charge on any atom is -0.467 e. The maximum Gasteiger partial charge on any atom is 0.255 e. The lowest BCUT2D eigenvalue weighted by Gasteiger charge is -2.09.